The zero-order chi connectivity index (χ0) is 28.6. The molecular weight excluding hydrogens is 538 g/mol. The number of pyridine rings is 1. The van der Waals surface area contributed by atoms with Crippen LogP contribution in [-0.2, 0) is 33.8 Å². The van der Waals surface area contributed by atoms with E-state index in [0.717, 1.165) is 22.2 Å². The number of fused-ring (bicyclic) bond motifs is 3. The van der Waals surface area contributed by atoms with E-state index in [4.69, 9.17) is 41.6 Å². The highest BCUT2D eigenvalue weighted by molar-refractivity contribution is 6.27. The molecule has 2 aromatic heterocycles. The molecule has 212 valence electrons. The fourth-order valence-corrected chi connectivity index (χ4v) is 4.87. The minimum absolute atomic E-state index is 0.183. The first-order chi connectivity index (χ1) is 19.4. The number of hydrogen-bond acceptors (Lipinski definition) is 8. The van der Waals surface area contributed by atoms with Crippen molar-refractivity contribution in [1.82, 2.24) is 19.4 Å². The Morgan fingerprint density at radius 3 is 2.65 bits per heavy atom. The van der Waals surface area contributed by atoms with Crippen LogP contribution in [0.3, 0.4) is 0 Å². The Morgan fingerprint density at radius 1 is 1.12 bits per heavy atom. The van der Waals surface area contributed by atoms with Crippen molar-refractivity contribution in [3.8, 4) is 11.5 Å². The number of imidazole rings is 1. The Bertz CT molecular complexity index is 1510. The van der Waals surface area contributed by atoms with Crippen molar-refractivity contribution in [3.05, 3.63) is 53.9 Å². The summed E-state index contributed by atoms with van der Waals surface area (Å²) in [7, 11) is 3.11. The fourth-order valence-electron chi connectivity index (χ4n) is 4.70. The zero-order valence-corrected chi connectivity index (χ0v) is 23.2. The number of para-hydroxylation sites is 2. The Balaban J connectivity index is 1.60. The number of alkyl halides is 1. The second-order valence-corrected chi connectivity index (χ2v) is 9.33. The first kappa shape index (κ1) is 28.9. The molecule has 2 aromatic carbocycles. The van der Waals surface area contributed by atoms with E-state index in [1.54, 1.807) is 30.2 Å². The molecule has 11 nitrogen and oxygen atoms in total. The molecule has 12 heteroatoms. The van der Waals surface area contributed by atoms with Crippen LogP contribution in [-0.4, -0.2) is 76.3 Å². The molecule has 0 fully saturated rings. The number of nitrogens with two attached hydrogens (primary N) is 1. The number of methoxy groups -OCH3 is 2. The van der Waals surface area contributed by atoms with Crippen LogP contribution in [0.1, 0.15) is 17.8 Å². The normalized spacial score (nSPS) is 11.2. The molecule has 0 aliphatic heterocycles. The first-order valence-electron chi connectivity index (χ1n) is 12.7. The SMILES string of the molecule is COCCc1nc2c(N)nc3ccccc3c2n1CCCN(Cc1cccc(OCC(=O)O)c1OC)C(=O)CCl. The average Bonchev–Trinajstić information content (AvgIpc) is 3.33. The van der Waals surface area contributed by atoms with E-state index in [9.17, 15) is 9.59 Å². The number of aromatic nitrogens is 3. The van der Waals surface area contributed by atoms with Crippen LogP contribution in [0, 0.1) is 0 Å². The maximum atomic E-state index is 12.8. The number of carbonyl (C=O) groups excluding carboxylic acids is 1. The number of aliphatic carboxylic acids is 1. The van der Waals surface area contributed by atoms with Gasteiger partial charge in [0, 0.05) is 44.1 Å². The van der Waals surface area contributed by atoms with Crippen LogP contribution < -0.4 is 15.2 Å². The van der Waals surface area contributed by atoms with Crippen molar-refractivity contribution in [3.63, 3.8) is 0 Å². The van der Waals surface area contributed by atoms with Gasteiger partial charge in [0.2, 0.25) is 5.91 Å². The maximum absolute atomic E-state index is 12.8. The number of nitrogens with zero attached hydrogens (tertiary/aromatic N) is 4. The summed E-state index contributed by atoms with van der Waals surface area (Å²) in [6.07, 6.45) is 1.19. The van der Waals surface area contributed by atoms with Gasteiger partial charge in [-0.3, -0.25) is 4.79 Å². The van der Waals surface area contributed by atoms with Gasteiger partial charge in [0.15, 0.2) is 23.9 Å². The lowest BCUT2D eigenvalue weighted by molar-refractivity contribution is -0.139. The Morgan fingerprint density at radius 2 is 1.93 bits per heavy atom. The van der Waals surface area contributed by atoms with Gasteiger partial charge in [0.25, 0.3) is 0 Å². The Hall–Kier alpha value is -4.09. The maximum Gasteiger partial charge on any atom is 0.341 e. The van der Waals surface area contributed by atoms with Crippen molar-refractivity contribution in [2.45, 2.75) is 25.9 Å². The van der Waals surface area contributed by atoms with E-state index in [0.29, 0.717) is 55.2 Å². The fraction of sp³-hybridized carbons (Fsp3) is 0.357. The predicted molar refractivity (Wildman–Crippen MR) is 152 cm³/mol. The highest BCUT2D eigenvalue weighted by Gasteiger charge is 2.20. The summed E-state index contributed by atoms with van der Waals surface area (Å²) in [4.78, 5) is 34.8. The zero-order valence-electron chi connectivity index (χ0n) is 22.4. The monoisotopic (exact) mass is 569 g/mol. The number of nitrogen functional groups attached to an aromatic ring is 1. The summed E-state index contributed by atoms with van der Waals surface area (Å²) >= 11 is 5.96. The van der Waals surface area contributed by atoms with E-state index in [1.165, 1.54) is 7.11 Å². The number of aryl methyl sites for hydroxylation is 1. The second-order valence-electron chi connectivity index (χ2n) is 9.07. The average molecular weight is 570 g/mol. The topological polar surface area (TPSA) is 142 Å². The largest absolute Gasteiger partial charge is 0.493 e. The molecular formula is C28H32ClN5O6. The molecule has 0 saturated heterocycles. The highest BCUT2D eigenvalue weighted by atomic mass is 35.5. The molecule has 0 atom stereocenters. The number of halogens is 1. The molecule has 0 spiro atoms. The number of amides is 1. The minimum Gasteiger partial charge on any atom is -0.493 e. The number of rotatable bonds is 14. The van der Waals surface area contributed by atoms with Crippen molar-refractivity contribution in [2.24, 2.45) is 0 Å². The molecule has 1 amide bonds. The van der Waals surface area contributed by atoms with Gasteiger partial charge >= 0.3 is 5.97 Å². The quantitative estimate of drug-likeness (QED) is 0.218. The molecule has 3 N–H and O–H groups in total. The van der Waals surface area contributed by atoms with Gasteiger partial charge in [0.05, 0.1) is 24.8 Å². The molecule has 40 heavy (non-hydrogen) atoms. The summed E-state index contributed by atoms with van der Waals surface area (Å²) in [6, 6.07) is 12.9. The lowest BCUT2D eigenvalue weighted by Crippen LogP contribution is -2.33. The van der Waals surface area contributed by atoms with Crippen molar-refractivity contribution in [2.75, 3.05) is 45.6 Å². The summed E-state index contributed by atoms with van der Waals surface area (Å²) in [5, 5.41) is 9.93. The molecule has 2 heterocycles. The number of carbonyl (C=O) groups is 2. The smallest absolute Gasteiger partial charge is 0.341 e. The van der Waals surface area contributed by atoms with Crippen molar-refractivity contribution in [1.29, 1.82) is 0 Å². The van der Waals surface area contributed by atoms with Gasteiger partial charge in [-0.1, -0.05) is 30.3 Å². The van der Waals surface area contributed by atoms with Crippen molar-refractivity contribution < 1.29 is 28.9 Å². The molecule has 0 saturated carbocycles. The third kappa shape index (κ3) is 6.37. The van der Waals surface area contributed by atoms with Gasteiger partial charge < -0.3 is 34.5 Å². The summed E-state index contributed by atoms with van der Waals surface area (Å²) in [5.74, 6) is 0.309. The van der Waals surface area contributed by atoms with Gasteiger partial charge in [-0.05, 0) is 18.6 Å². The van der Waals surface area contributed by atoms with Crippen LogP contribution in [0.5, 0.6) is 11.5 Å². The van der Waals surface area contributed by atoms with E-state index in [1.807, 2.05) is 24.3 Å². The molecule has 0 aliphatic rings. The predicted octanol–water partition coefficient (Wildman–Crippen LogP) is 3.49. The molecule has 0 radical (unpaired) electrons. The van der Waals surface area contributed by atoms with E-state index in [2.05, 4.69) is 9.55 Å². The number of anilines is 1. The van der Waals surface area contributed by atoms with Crippen LogP contribution in [0.15, 0.2) is 42.5 Å². The van der Waals surface area contributed by atoms with Crippen LogP contribution in [0.25, 0.3) is 21.9 Å². The summed E-state index contributed by atoms with van der Waals surface area (Å²) < 4.78 is 18.3. The van der Waals surface area contributed by atoms with E-state index >= 15 is 0 Å². The van der Waals surface area contributed by atoms with Crippen molar-refractivity contribution >= 4 is 51.2 Å². The molecule has 4 rings (SSSR count). The minimum atomic E-state index is -1.10. The summed E-state index contributed by atoms with van der Waals surface area (Å²) in [5.41, 5.74) is 9.28. The number of hydrogen-bond donors (Lipinski definition) is 2. The third-order valence-electron chi connectivity index (χ3n) is 6.47. The Kier molecular flexibility index (Phi) is 9.62. The number of benzene rings is 2. The lowest BCUT2D eigenvalue weighted by Gasteiger charge is -2.24. The Labute approximate surface area is 236 Å². The van der Waals surface area contributed by atoms with Gasteiger partial charge in [0.1, 0.15) is 17.2 Å². The summed E-state index contributed by atoms with van der Waals surface area (Å²) in [6.45, 7) is 1.15. The van der Waals surface area contributed by atoms with E-state index < -0.39 is 12.6 Å². The van der Waals surface area contributed by atoms with Gasteiger partial charge in [-0.25, -0.2) is 14.8 Å². The van der Waals surface area contributed by atoms with E-state index in [-0.39, 0.29) is 24.1 Å². The number of carboxylic acids is 1. The van der Waals surface area contributed by atoms with Crippen LogP contribution in [0.2, 0.25) is 0 Å². The van der Waals surface area contributed by atoms with Crippen LogP contribution in [0.4, 0.5) is 5.82 Å². The lowest BCUT2D eigenvalue weighted by atomic mass is 10.1. The number of ether oxygens (including phenoxy) is 3. The molecule has 0 bridgehead atoms. The first-order valence-corrected chi connectivity index (χ1v) is 13.3. The second kappa shape index (κ2) is 13.3. The molecule has 0 aliphatic carbocycles. The molecule has 4 aromatic rings. The van der Waals surface area contributed by atoms with Gasteiger partial charge in [-0.15, -0.1) is 11.6 Å². The highest BCUT2D eigenvalue weighted by Crippen LogP contribution is 2.32. The standard InChI is InChI=1S/C28H32ClN5O6/c1-38-14-11-22-32-25-26(19-8-3-4-9-20(19)31-28(25)30)34(22)13-6-12-33(23(35)15-29)16-18-7-5-10-21(27(18)39-2)40-17-24(36)37/h3-5,7-10H,6,11-17H2,1-2H3,(H2,30,31)(H,36,37). The van der Waals surface area contributed by atoms with Gasteiger partial charge in [-0.2, -0.15) is 0 Å². The third-order valence-corrected chi connectivity index (χ3v) is 6.70. The molecule has 0 unspecified atom stereocenters. The number of carboxylic acid groups (broad SMARTS) is 1. The van der Waals surface area contributed by atoms with Crippen LogP contribution >= 0.6 is 11.6 Å².